The van der Waals surface area contributed by atoms with Gasteiger partial charge in [0.15, 0.2) is 0 Å². The van der Waals surface area contributed by atoms with Crippen LogP contribution in [-0.2, 0) is 11.2 Å². The molecule has 2 fully saturated rings. The van der Waals surface area contributed by atoms with Crippen molar-refractivity contribution in [3.05, 3.63) is 59.8 Å². The van der Waals surface area contributed by atoms with Crippen molar-refractivity contribution >= 4 is 29.1 Å². The van der Waals surface area contributed by atoms with Gasteiger partial charge in [0.25, 0.3) is 5.91 Å². The Morgan fingerprint density at radius 3 is 2.51 bits per heavy atom. The molecule has 0 radical (unpaired) electrons. The maximum Gasteiger partial charge on any atom is 0.253 e. The molecule has 0 aliphatic carbocycles. The van der Waals surface area contributed by atoms with E-state index in [-0.39, 0.29) is 11.8 Å². The van der Waals surface area contributed by atoms with Crippen LogP contribution in [-0.4, -0.2) is 103 Å². The lowest BCUT2D eigenvalue weighted by atomic mass is 10.0. The van der Waals surface area contributed by atoms with Gasteiger partial charge in [-0.05, 0) is 43.7 Å². The van der Waals surface area contributed by atoms with Crippen LogP contribution in [0.3, 0.4) is 0 Å². The number of amides is 2. The summed E-state index contributed by atoms with van der Waals surface area (Å²) in [4.78, 5) is 43.9. The zero-order chi connectivity index (χ0) is 28.5. The summed E-state index contributed by atoms with van der Waals surface area (Å²) in [6.45, 7) is 5.96. The van der Waals surface area contributed by atoms with Gasteiger partial charge in [-0.15, -0.1) is 0 Å². The number of hydrogen-bond donors (Lipinski definition) is 1. The van der Waals surface area contributed by atoms with E-state index in [1.165, 1.54) is 0 Å². The second-order valence-electron chi connectivity index (χ2n) is 11.1. The summed E-state index contributed by atoms with van der Waals surface area (Å²) in [5.74, 6) is 0.933. The predicted octanol–water partition coefficient (Wildman–Crippen LogP) is 3.27. The average Bonchev–Trinajstić information content (AvgIpc) is 3.11. The number of piperidine rings is 1. The number of carbonyl (C=O) groups excluding carboxylic acids is 2. The number of benzene rings is 2. The lowest BCUT2D eigenvalue weighted by Crippen LogP contribution is -2.52. The number of nitrogens with zero attached hydrogens (tertiary/aromatic N) is 6. The van der Waals surface area contributed by atoms with Crippen molar-refractivity contribution < 1.29 is 14.3 Å². The smallest absolute Gasteiger partial charge is 0.253 e. The lowest BCUT2D eigenvalue weighted by Gasteiger charge is -2.42. The molecule has 0 atom stereocenters. The van der Waals surface area contributed by atoms with Crippen LogP contribution in [0, 0.1) is 0 Å². The Balaban J connectivity index is 1.17. The number of hydrogen-bond acceptors (Lipinski definition) is 8. The highest BCUT2D eigenvalue weighted by molar-refractivity contribution is 6.01. The molecule has 2 amide bonds. The molecule has 6 rings (SSSR count). The number of nitrogens with one attached hydrogen (secondary N) is 1. The summed E-state index contributed by atoms with van der Waals surface area (Å²) in [7, 11) is 5.51. The number of fused-ring (bicyclic) bond motifs is 3. The first-order chi connectivity index (χ1) is 19.9. The van der Waals surface area contributed by atoms with Crippen LogP contribution in [0.4, 0.5) is 17.3 Å². The van der Waals surface area contributed by atoms with Gasteiger partial charge in [-0.3, -0.25) is 14.5 Å². The molecule has 0 spiro atoms. The first-order valence-corrected chi connectivity index (χ1v) is 14.3. The van der Waals surface area contributed by atoms with Gasteiger partial charge in [0.1, 0.15) is 5.75 Å². The third-order valence-corrected chi connectivity index (χ3v) is 8.62. The number of likely N-dealkylation sites (tertiary alicyclic amines) is 1. The van der Waals surface area contributed by atoms with E-state index in [0.29, 0.717) is 46.8 Å². The van der Waals surface area contributed by atoms with Crippen molar-refractivity contribution in [1.82, 2.24) is 24.7 Å². The van der Waals surface area contributed by atoms with E-state index < -0.39 is 0 Å². The number of aromatic nitrogens is 2. The fourth-order valence-corrected chi connectivity index (χ4v) is 6.05. The van der Waals surface area contributed by atoms with Crippen LogP contribution < -0.4 is 15.0 Å². The maximum atomic E-state index is 13.4. The average molecular weight is 556 g/mol. The Labute approximate surface area is 240 Å². The molecule has 10 nitrogen and oxygen atoms in total. The zero-order valence-electron chi connectivity index (χ0n) is 24.0. The van der Waals surface area contributed by atoms with Crippen LogP contribution in [0.25, 0.3) is 11.3 Å². The number of rotatable bonds is 5. The molecular weight excluding hydrogens is 518 g/mol. The molecular formula is C31H37N7O3. The molecule has 0 saturated carbocycles. The van der Waals surface area contributed by atoms with Gasteiger partial charge in [0.2, 0.25) is 11.9 Å². The van der Waals surface area contributed by atoms with Gasteiger partial charge in [0.05, 0.1) is 36.8 Å². The van der Waals surface area contributed by atoms with Crippen molar-refractivity contribution in [2.24, 2.45) is 0 Å². The van der Waals surface area contributed by atoms with E-state index in [0.717, 1.165) is 63.2 Å². The molecule has 2 aromatic carbocycles. The standard InChI is InChI=1S/C31H37N7O3/c1-35-14-16-37(17-15-35)23-10-12-38(13-11-23)30(40)22-8-9-25(27(18-22)41-3)33-31-32-20-26-29(34-31)24-7-5-4-6-21(24)19-28(39)36(26)2/h4-9,18,20,23H,10-17,19H2,1-3H3,(H,32,33,34). The highest BCUT2D eigenvalue weighted by Gasteiger charge is 2.29. The number of likely N-dealkylation sites (N-methyl/N-ethyl adjacent to an activating group) is 2. The minimum absolute atomic E-state index is 0.00834. The van der Waals surface area contributed by atoms with Crippen LogP contribution in [0.2, 0.25) is 0 Å². The van der Waals surface area contributed by atoms with Crippen molar-refractivity contribution in [2.45, 2.75) is 25.3 Å². The van der Waals surface area contributed by atoms with E-state index in [2.05, 4.69) is 27.1 Å². The highest BCUT2D eigenvalue weighted by atomic mass is 16.5. The third kappa shape index (κ3) is 5.49. The molecule has 1 aromatic heterocycles. The van der Waals surface area contributed by atoms with Gasteiger partial charge < -0.3 is 24.8 Å². The zero-order valence-corrected chi connectivity index (χ0v) is 24.0. The van der Waals surface area contributed by atoms with E-state index >= 15 is 0 Å². The quantitative estimate of drug-likeness (QED) is 0.513. The molecule has 1 N–H and O–H groups in total. The summed E-state index contributed by atoms with van der Waals surface area (Å²) < 4.78 is 5.67. The molecule has 3 aromatic rings. The second kappa shape index (κ2) is 11.5. The lowest BCUT2D eigenvalue weighted by molar-refractivity contribution is -0.117. The Hall–Kier alpha value is -4.02. The fraction of sp³-hybridized carbons (Fsp3) is 0.419. The van der Waals surface area contributed by atoms with E-state index in [4.69, 9.17) is 9.72 Å². The Bertz CT molecular complexity index is 1450. The minimum Gasteiger partial charge on any atom is -0.495 e. The van der Waals surface area contributed by atoms with E-state index in [1.807, 2.05) is 41.3 Å². The normalized spacial score (nSPS) is 18.5. The molecule has 0 bridgehead atoms. The summed E-state index contributed by atoms with van der Waals surface area (Å²) in [5, 5.41) is 3.26. The number of ether oxygens (including phenoxy) is 1. The molecule has 3 aliphatic heterocycles. The van der Waals surface area contributed by atoms with Gasteiger partial charge in [-0.1, -0.05) is 24.3 Å². The van der Waals surface area contributed by atoms with Crippen LogP contribution in [0.1, 0.15) is 28.8 Å². The van der Waals surface area contributed by atoms with Crippen molar-refractivity contribution in [2.75, 3.05) is 70.7 Å². The first-order valence-electron chi connectivity index (χ1n) is 14.3. The van der Waals surface area contributed by atoms with Crippen LogP contribution in [0.5, 0.6) is 5.75 Å². The van der Waals surface area contributed by atoms with Crippen molar-refractivity contribution in [1.29, 1.82) is 0 Å². The number of methoxy groups -OCH3 is 1. The fourth-order valence-electron chi connectivity index (χ4n) is 6.05. The monoisotopic (exact) mass is 555 g/mol. The maximum absolute atomic E-state index is 13.4. The highest BCUT2D eigenvalue weighted by Crippen LogP contribution is 2.36. The molecule has 2 saturated heterocycles. The second-order valence-corrected chi connectivity index (χ2v) is 11.1. The van der Waals surface area contributed by atoms with Crippen LogP contribution in [0.15, 0.2) is 48.7 Å². The summed E-state index contributed by atoms with van der Waals surface area (Å²) in [5.41, 5.74) is 4.45. The summed E-state index contributed by atoms with van der Waals surface area (Å²) in [6.07, 6.45) is 3.99. The largest absolute Gasteiger partial charge is 0.495 e. The number of anilines is 3. The number of piperazine rings is 1. The van der Waals surface area contributed by atoms with Gasteiger partial charge in [-0.25, -0.2) is 9.97 Å². The Kier molecular flexibility index (Phi) is 7.59. The van der Waals surface area contributed by atoms with Gasteiger partial charge in [-0.2, -0.15) is 0 Å². The molecule has 4 heterocycles. The van der Waals surface area contributed by atoms with Gasteiger partial charge in [0, 0.05) is 63.5 Å². The topological polar surface area (TPSA) is 94.1 Å². The van der Waals surface area contributed by atoms with E-state index in [9.17, 15) is 9.59 Å². The molecule has 214 valence electrons. The predicted molar refractivity (Wildman–Crippen MR) is 159 cm³/mol. The molecule has 41 heavy (non-hydrogen) atoms. The SMILES string of the molecule is COc1cc(C(=O)N2CCC(N3CCN(C)CC3)CC2)ccc1Nc1ncc2c(n1)-c1ccccc1CC(=O)N2C. The Morgan fingerprint density at radius 1 is 1.00 bits per heavy atom. The molecule has 0 unspecified atom stereocenters. The minimum atomic E-state index is -0.00834. The van der Waals surface area contributed by atoms with Gasteiger partial charge >= 0.3 is 0 Å². The van der Waals surface area contributed by atoms with E-state index in [1.54, 1.807) is 31.3 Å². The van der Waals surface area contributed by atoms with Crippen LogP contribution >= 0.6 is 0 Å². The molecule has 3 aliphatic rings. The molecule has 10 heteroatoms. The Morgan fingerprint density at radius 2 is 1.76 bits per heavy atom. The third-order valence-electron chi connectivity index (χ3n) is 8.62. The number of carbonyl (C=O) groups is 2. The summed E-state index contributed by atoms with van der Waals surface area (Å²) in [6, 6.07) is 13.8. The van der Waals surface area contributed by atoms with Crippen molar-refractivity contribution in [3.8, 4) is 17.0 Å². The summed E-state index contributed by atoms with van der Waals surface area (Å²) >= 11 is 0. The first kappa shape index (κ1) is 27.2. The van der Waals surface area contributed by atoms with Crippen molar-refractivity contribution in [3.63, 3.8) is 0 Å².